The fraction of sp³-hybridized carbons (Fsp3) is 0.333. The van der Waals surface area contributed by atoms with Gasteiger partial charge in [0, 0.05) is 5.41 Å². The van der Waals surface area contributed by atoms with Gasteiger partial charge in [0.2, 0.25) is 0 Å². The van der Waals surface area contributed by atoms with Crippen LogP contribution in [-0.4, -0.2) is 16.1 Å². The molecule has 100 valence electrons. The number of hydrogen-bond acceptors (Lipinski definition) is 3. The Morgan fingerprint density at radius 3 is 2.42 bits per heavy atom. The summed E-state index contributed by atoms with van der Waals surface area (Å²) in [5, 5.41) is 10.1. The van der Waals surface area contributed by atoms with E-state index in [-0.39, 0.29) is 5.41 Å². The lowest BCUT2D eigenvalue weighted by Gasteiger charge is -2.22. The normalized spacial score (nSPS) is 11.5. The Balaban J connectivity index is 2.49. The Morgan fingerprint density at radius 1 is 1.32 bits per heavy atom. The molecule has 0 saturated carbocycles. The van der Waals surface area contributed by atoms with Crippen molar-refractivity contribution in [3.05, 3.63) is 51.5 Å². The summed E-state index contributed by atoms with van der Waals surface area (Å²) in [5.41, 5.74) is 1.55. The average Bonchev–Trinajstić information content (AvgIpc) is 2.84. The van der Waals surface area contributed by atoms with Gasteiger partial charge in [-0.05, 0) is 25.8 Å². The third-order valence-corrected chi connectivity index (χ3v) is 4.67. The van der Waals surface area contributed by atoms with Gasteiger partial charge in [0.15, 0.2) is 0 Å². The minimum absolute atomic E-state index is 0.274. The predicted molar refractivity (Wildman–Crippen MR) is 77.0 cm³/mol. The van der Waals surface area contributed by atoms with E-state index in [1.807, 2.05) is 37.3 Å². The number of aromatic nitrogens is 1. The molecule has 1 heterocycles. The first-order chi connectivity index (χ1) is 8.96. The van der Waals surface area contributed by atoms with Crippen molar-refractivity contribution in [3.8, 4) is 0 Å². The summed E-state index contributed by atoms with van der Waals surface area (Å²) in [5.74, 6) is -0.885. The number of aryl methyl sites for hydroxylation is 1. The quantitative estimate of drug-likeness (QED) is 0.925. The largest absolute Gasteiger partial charge is 0.477 e. The maximum Gasteiger partial charge on any atom is 0.347 e. The maximum atomic E-state index is 11.2. The van der Waals surface area contributed by atoms with E-state index >= 15 is 0 Å². The monoisotopic (exact) mass is 275 g/mol. The van der Waals surface area contributed by atoms with Gasteiger partial charge in [0.25, 0.3) is 0 Å². The molecule has 0 fully saturated rings. The molecule has 1 N–H and O–H groups in total. The molecule has 2 rings (SSSR count). The highest BCUT2D eigenvalue weighted by molar-refractivity contribution is 7.13. The van der Waals surface area contributed by atoms with Gasteiger partial charge in [-0.25, -0.2) is 9.78 Å². The molecule has 0 atom stereocenters. The molecule has 1 aromatic heterocycles. The van der Waals surface area contributed by atoms with E-state index in [2.05, 4.69) is 18.8 Å². The molecule has 0 spiro atoms. The molecular weight excluding hydrogens is 258 g/mol. The number of nitrogens with zero attached hydrogens (tertiary/aromatic N) is 1. The van der Waals surface area contributed by atoms with Gasteiger partial charge in [-0.15, -0.1) is 11.3 Å². The number of rotatable bonds is 4. The molecule has 0 aliphatic carbocycles. The van der Waals surface area contributed by atoms with Crippen LogP contribution in [0.4, 0.5) is 0 Å². The molecule has 3 nitrogen and oxygen atoms in total. The molecule has 0 saturated heterocycles. The summed E-state index contributed by atoms with van der Waals surface area (Å²) in [6, 6.07) is 10.1. The van der Waals surface area contributed by atoms with E-state index in [1.54, 1.807) is 0 Å². The lowest BCUT2D eigenvalue weighted by atomic mass is 9.85. The van der Waals surface area contributed by atoms with Crippen LogP contribution in [0.5, 0.6) is 0 Å². The SMILES string of the molecule is CCc1nc(C(C)(C)c2ccccc2)sc1C(=O)O. The van der Waals surface area contributed by atoms with Crippen LogP contribution in [-0.2, 0) is 11.8 Å². The van der Waals surface area contributed by atoms with Crippen LogP contribution in [0.3, 0.4) is 0 Å². The number of thiazole rings is 1. The first-order valence-electron chi connectivity index (χ1n) is 6.25. The van der Waals surface area contributed by atoms with Crippen LogP contribution in [0.25, 0.3) is 0 Å². The lowest BCUT2D eigenvalue weighted by molar-refractivity contribution is 0.0701. The van der Waals surface area contributed by atoms with Crippen molar-refractivity contribution in [2.75, 3.05) is 0 Å². The molecule has 4 heteroatoms. The lowest BCUT2D eigenvalue weighted by Crippen LogP contribution is -2.18. The summed E-state index contributed by atoms with van der Waals surface area (Å²) in [7, 11) is 0. The second-order valence-electron chi connectivity index (χ2n) is 4.94. The smallest absolute Gasteiger partial charge is 0.347 e. The van der Waals surface area contributed by atoms with Gasteiger partial charge in [-0.2, -0.15) is 0 Å². The number of carboxylic acids is 1. The van der Waals surface area contributed by atoms with Crippen LogP contribution in [0, 0.1) is 0 Å². The van der Waals surface area contributed by atoms with Crippen molar-refractivity contribution < 1.29 is 9.90 Å². The van der Waals surface area contributed by atoms with Gasteiger partial charge in [-0.1, -0.05) is 37.3 Å². The molecule has 1 aromatic carbocycles. The van der Waals surface area contributed by atoms with Crippen molar-refractivity contribution in [2.45, 2.75) is 32.6 Å². The fourth-order valence-electron chi connectivity index (χ4n) is 2.00. The topological polar surface area (TPSA) is 50.2 Å². The van der Waals surface area contributed by atoms with Crippen molar-refractivity contribution in [1.82, 2.24) is 4.98 Å². The number of benzene rings is 1. The summed E-state index contributed by atoms with van der Waals surface area (Å²) in [6.07, 6.45) is 0.642. The Bertz CT molecular complexity index is 587. The molecule has 0 aliphatic heterocycles. The Labute approximate surface area is 116 Å². The van der Waals surface area contributed by atoms with Gasteiger partial charge in [0.1, 0.15) is 9.88 Å². The minimum atomic E-state index is -0.885. The van der Waals surface area contributed by atoms with E-state index in [0.717, 1.165) is 10.6 Å². The van der Waals surface area contributed by atoms with Crippen LogP contribution < -0.4 is 0 Å². The number of hydrogen-bond donors (Lipinski definition) is 1. The zero-order valence-electron chi connectivity index (χ0n) is 11.3. The molecule has 0 amide bonds. The molecule has 0 aliphatic rings. The highest BCUT2D eigenvalue weighted by Gasteiger charge is 2.29. The number of aromatic carboxylic acids is 1. The summed E-state index contributed by atoms with van der Waals surface area (Å²) >= 11 is 1.28. The zero-order chi connectivity index (χ0) is 14.0. The van der Waals surface area contributed by atoms with Gasteiger partial charge >= 0.3 is 5.97 Å². The summed E-state index contributed by atoms with van der Waals surface area (Å²) in [6.45, 7) is 6.08. The van der Waals surface area contributed by atoms with Crippen LogP contribution >= 0.6 is 11.3 Å². The van der Waals surface area contributed by atoms with Crippen LogP contribution in [0.15, 0.2) is 30.3 Å². The standard InChI is InChI=1S/C15H17NO2S/c1-4-11-12(13(17)18)19-14(16-11)15(2,3)10-8-6-5-7-9-10/h5-9H,4H2,1-3H3,(H,17,18). The van der Waals surface area contributed by atoms with E-state index in [0.29, 0.717) is 17.0 Å². The number of carboxylic acid groups (broad SMARTS) is 1. The molecule has 19 heavy (non-hydrogen) atoms. The molecular formula is C15H17NO2S. The van der Waals surface area contributed by atoms with Gasteiger partial charge < -0.3 is 5.11 Å². The highest BCUT2D eigenvalue weighted by atomic mass is 32.1. The molecule has 2 aromatic rings. The third kappa shape index (κ3) is 2.54. The average molecular weight is 275 g/mol. The van der Waals surface area contributed by atoms with E-state index in [1.165, 1.54) is 11.3 Å². The summed E-state index contributed by atoms with van der Waals surface area (Å²) in [4.78, 5) is 16.1. The first kappa shape index (κ1) is 13.7. The van der Waals surface area contributed by atoms with Crippen molar-refractivity contribution in [1.29, 1.82) is 0 Å². The second-order valence-corrected chi connectivity index (χ2v) is 5.94. The van der Waals surface area contributed by atoms with Crippen molar-refractivity contribution in [2.24, 2.45) is 0 Å². The predicted octanol–water partition coefficient (Wildman–Crippen LogP) is 3.73. The highest BCUT2D eigenvalue weighted by Crippen LogP contribution is 2.35. The number of carbonyl (C=O) groups is 1. The van der Waals surface area contributed by atoms with Crippen LogP contribution in [0.2, 0.25) is 0 Å². The molecule has 0 bridgehead atoms. The maximum absolute atomic E-state index is 11.2. The first-order valence-corrected chi connectivity index (χ1v) is 7.07. The zero-order valence-corrected chi connectivity index (χ0v) is 12.1. The Kier molecular flexibility index (Phi) is 3.71. The second kappa shape index (κ2) is 5.13. The van der Waals surface area contributed by atoms with Crippen LogP contribution in [0.1, 0.15) is 46.7 Å². The van der Waals surface area contributed by atoms with Crippen molar-refractivity contribution >= 4 is 17.3 Å². The Hall–Kier alpha value is -1.68. The fourth-order valence-corrected chi connectivity index (χ4v) is 3.12. The molecule has 0 radical (unpaired) electrons. The van der Waals surface area contributed by atoms with E-state index in [9.17, 15) is 9.90 Å². The van der Waals surface area contributed by atoms with Gasteiger partial charge in [0.05, 0.1) is 5.69 Å². The van der Waals surface area contributed by atoms with Crippen molar-refractivity contribution in [3.63, 3.8) is 0 Å². The summed E-state index contributed by atoms with van der Waals surface area (Å²) < 4.78 is 0. The van der Waals surface area contributed by atoms with Gasteiger partial charge in [-0.3, -0.25) is 0 Å². The Morgan fingerprint density at radius 2 is 1.95 bits per heavy atom. The van der Waals surface area contributed by atoms with E-state index in [4.69, 9.17) is 0 Å². The van der Waals surface area contributed by atoms with E-state index < -0.39 is 5.97 Å². The molecule has 0 unspecified atom stereocenters. The minimum Gasteiger partial charge on any atom is -0.477 e. The third-order valence-electron chi connectivity index (χ3n) is 3.26.